The molecule has 3 aromatic rings. The average molecular weight is 474 g/mol. The van der Waals surface area contributed by atoms with Crippen molar-refractivity contribution in [2.24, 2.45) is 4.99 Å². The molecule has 4 heterocycles. The number of anilines is 3. The predicted octanol–water partition coefficient (Wildman–Crippen LogP) is 4.19. The minimum Gasteiger partial charge on any atom is -0.379 e. The van der Waals surface area contributed by atoms with Crippen LogP contribution >= 0.6 is 11.3 Å². The summed E-state index contributed by atoms with van der Waals surface area (Å²) in [6.07, 6.45) is 2.03. The van der Waals surface area contributed by atoms with Gasteiger partial charge in [0.1, 0.15) is 6.67 Å². The van der Waals surface area contributed by atoms with Crippen LogP contribution < -0.4 is 15.1 Å². The Morgan fingerprint density at radius 2 is 1.76 bits per heavy atom. The molecule has 6 rings (SSSR count). The van der Waals surface area contributed by atoms with Crippen molar-refractivity contribution in [2.45, 2.75) is 6.54 Å². The quantitative estimate of drug-likeness (QED) is 0.602. The number of thiophene rings is 1. The van der Waals surface area contributed by atoms with Crippen LogP contribution in [0, 0.1) is 0 Å². The summed E-state index contributed by atoms with van der Waals surface area (Å²) in [7, 11) is 0. The van der Waals surface area contributed by atoms with E-state index in [-0.39, 0.29) is 0 Å². The fraction of sp³-hybridized carbons (Fsp3) is 0.370. The number of nitrogens with zero attached hydrogens (tertiary/aromatic N) is 4. The smallest absolute Gasteiger partial charge is 0.115 e. The van der Waals surface area contributed by atoms with Gasteiger partial charge >= 0.3 is 0 Å². The number of hydrogen-bond donors (Lipinski definition) is 1. The molecule has 1 N–H and O–H groups in total. The summed E-state index contributed by atoms with van der Waals surface area (Å²) in [6.45, 7) is 9.53. The number of rotatable bonds is 5. The summed E-state index contributed by atoms with van der Waals surface area (Å²) >= 11 is 1.78. The number of piperazine rings is 1. The van der Waals surface area contributed by atoms with E-state index in [1.54, 1.807) is 11.3 Å². The molecule has 2 saturated heterocycles. The predicted molar refractivity (Wildman–Crippen MR) is 142 cm³/mol. The molecule has 0 spiro atoms. The molecule has 2 aromatic carbocycles. The molecule has 0 atom stereocenters. The zero-order valence-electron chi connectivity index (χ0n) is 19.4. The number of fused-ring (bicyclic) bond motifs is 1. The van der Waals surface area contributed by atoms with E-state index in [0.29, 0.717) is 6.67 Å². The second-order valence-corrected chi connectivity index (χ2v) is 10.00. The molecule has 0 radical (unpaired) electrons. The Morgan fingerprint density at radius 3 is 2.59 bits per heavy atom. The van der Waals surface area contributed by atoms with E-state index in [4.69, 9.17) is 4.74 Å². The molecular formula is C27H31N5OS. The van der Waals surface area contributed by atoms with Crippen molar-refractivity contribution in [1.82, 2.24) is 10.2 Å². The third-order valence-corrected chi connectivity index (χ3v) is 7.80. The average Bonchev–Trinajstić information content (AvgIpc) is 3.35. The zero-order valence-corrected chi connectivity index (χ0v) is 20.3. The lowest BCUT2D eigenvalue weighted by Gasteiger charge is -2.30. The van der Waals surface area contributed by atoms with Crippen molar-refractivity contribution < 1.29 is 4.74 Å². The molecular weight excluding hydrogens is 442 g/mol. The van der Waals surface area contributed by atoms with Gasteiger partial charge in [0.2, 0.25) is 0 Å². The van der Waals surface area contributed by atoms with Crippen molar-refractivity contribution >= 4 is 34.6 Å². The molecule has 0 amide bonds. The maximum atomic E-state index is 5.48. The van der Waals surface area contributed by atoms with E-state index in [1.165, 1.54) is 38.6 Å². The van der Waals surface area contributed by atoms with Crippen molar-refractivity contribution in [1.29, 1.82) is 0 Å². The maximum Gasteiger partial charge on any atom is 0.115 e. The summed E-state index contributed by atoms with van der Waals surface area (Å²) in [5, 5.41) is 5.74. The lowest BCUT2D eigenvalue weighted by Crippen LogP contribution is -2.43. The third-order valence-electron chi connectivity index (χ3n) is 6.89. The molecule has 34 heavy (non-hydrogen) atoms. The van der Waals surface area contributed by atoms with E-state index in [9.17, 15) is 0 Å². The highest BCUT2D eigenvalue weighted by Gasteiger charge is 2.23. The minimum atomic E-state index is 0.650. The number of nitrogens with one attached hydrogen (secondary N) is 1. The second kappa shape index (κ2) is 9.88. The van der Waals surface area contributed by atoms with Crippen LogP contribution in [0.4, 0.5) is 17.1 Å². The topological polar surface area (TPSA) is 43.3 Å². The highest BCUT2D eigenvalue weighted by molar-refractivity contribution is 7.13. The van der Waals surface area contributed by atoms with E-state index < -0.39 is 0 Å². The first-order valence-electron chi connectivity index (χ1n) is 12.2. The van der Waals surface area contributed by atoms with Crippen molar-refractivity contribution in [3.63, 3.8) is 0 Å². The Morgan fingerprint density at radius 1 is 0.941 bits per heavy atom. The number of morpholine rings is 1. The lowest BCUT2D eigenvalue weighted by molar-refractivity contribution is 0.0342. The number of aliphatic imine (C=N–C) groups is 1. The lowest BCUT2D eigenvalue weighted by atomic mass is 10.0. The Balaban J connectivity index is 1.27. The fourth-order valence-corrected chi connectivity index (χ4v) is 5.98. The van der Waals surface area contributed by atoms with Crippen molar-refractivity contribution in [2.75, 3.05) is 69.0 Å². The Bertz CT molecular complexity index is 1150. The maximum absolute atomic E-state index is 5.48. The zero-order chi connectivity index (χ0) is 22.7. The van der Waals surface area contributed by atoms with Gasteiger partial charge < -0.3 is 19.9 Å². The third kappa shape index (κ3) is 4.49. The van der Waals surface area contributed by atoms with Gasteiger partial charge in [0.15, 0.2) is 0 Å². The standard InChI is InChI=1S/C27H31N5OS/c1-2-22(16-24(3-1)31-10-8-28-9-11-31)25-19-34-26-17-29-20-32(27(25)26)23-6-4-21(5-7-23)18-30-12-14-33-15-13-30/h1-7,16-17,19,28H,8-15,18,20H2. The minimum absolute atomic E-state index is 0.650. The first-order valence-corrected chi connectivity index (χ1v) is 13.1. The van der Waals surface area contributed by atoms with Gasteiger partial charge in [-0.05, 0) is 35.4 Å². The van der Waals surface area contributed by atoms with Crippen LogP contribution in [-0.4, -0.2) is 70.3 Å². The molecule has 6 nitrogen and oxygen atoms in total. The van der Waals surface area contributed by atoms with Gasteiger partial charge in [-0.25, -0.2) is 0 Å². The Kier molecular flexibility index (Phi) is 6.33. The van der Waals surface area contributed by atoms with E-state index in [0.717, 1.165) is 59.0 Å². The largest absolute Gasteiger partial charge is 0.379 e. The van der Waals surface area contributed by atoms with Crippen LogP contribution in [0.25, 0.3) is 11.1 Å². The summed E-state index contributed by atoms with van der Waals surface area (Å²) in [5.41, 5.74) is 7.70. The SMILES string of the molecule is C1=NCN(c2ccc(CN3CCOCC3)cc2)c2c(-c3cccc(N4CCNCC4)c3)csc21. The number of benzene rings is 2. The summed E-state index contributed by atoms with van der Waals surface area (Å²) < 4.78 is 5.48. The van der Waals surface area contributed by atoms with Gasteiger partial charge in [-0.15, -0.1) is 11.3 Å². The van der Waals surface area contributed by atoms with Gasteiger partial charge in [-0.3, -0.25) is 9.89 Å². The number of hydrogen-bond acceptors (Lipinski definition) is 7. The molecule has 0 saturated carbocycles. The second-order valence-electron chi connectivity index (χ2n) is 9.09. The normalized spacial score (nSPS) is 18.8. The first kappa shape index (κ1) is 21.8. The van der Waals surface area contributed by atoms with Crippen LogP contribution in [0.2, 0.25) is 0 Å². The van der Waals surface area contributed by atoms with Crippen LogP contribution in [0.3, 0.4) is 0 Å². The number of ether oxygens (including phenoxy) is 1. The molecule has 1 aromatic heterocycles. The Hall–Kier alpha value is -2.71. The van der Waals surface area contributed by atoms with Gasteiger partial charge in [0.05, 0.1) is 23.8 Å². The fourth-order valence-electron chi connectivity index (χ4n) is 5.02. The summed E-state index contributed by atoms with van der Waals surface area (Å²) in [6, 6.07) is 18.0. The monoisotopic (exact) mass is 473 g/mol. The molecule has 176 valence electrons. The van der Waals surface area contributed by atoms with Gasteiger partial charge in [0.25, 0.3) is 0 Å². The molecule has 0 bridgehead atoms. The molecule has 7 heteroatoms. The molecule has 3 aliphatic heterocycles. The van der Waals surface area contributed by atoms with Gasteiger partial charge in [-0.2, -0.15) is 0 Å². The highest BCUT2D eigenvalue weighted by Crippen LogP contribution is 2.43. The van der Waals surface area contributed by atoms with E-state index in [2.05, 4.69) is 78.9 Å². The Labute approximate surface area is 205 Å². The molecule has 0 aliphatic carbocycles. The van der Waals surface area contributed by atoms with Crippen LogP contribution in [0.5, 0.6) is 0 Å². The van der Waals surface area contributed by atoms with E-state index >= 15 is 0 Å². The summed E-state index contributed by atoms with van der Waals surface area (Å²) in [4.78, 5) is 13.2. The van der Waals surface area contributed by atoms with E-state index in [1.807, 2.05) is 6.21 Å². The van der Waals surface area contributed by atoms with Crippen LogP contribution in [-0.2, 0) is 11.3 Å². The highest BCUT2D eigenvalue weighted by atomic mass is 32.1. The van der Waals surface area contributed by atoms with Crippen LogP contribution in [0.15, 0.2) is 58.9 Å². The van der Waals surface area contributed by atoms with Crippen LogP contribution in [0.1, 0.15) is 10.4 Å². The van der Waals surface area contributed by atoms with Gasteiger partial charge in [0, 0.05) is 74.3 Å². The van der Waals surface area contributed by atoms with Gasteiger partial charge in [-0.1, -0.05) is 24.3 Å². The van der Waals surface area contributed by atoms with Crippen molar-refractivity contribution in [3.05, 3.63) is 64.4 Å². The molecule has 0 unspecified atom stereocenters. The van der Waals surface area contributed by atoms with Crippen molar-refractivity contribution in [3.8, 4) is 11.1 Å². The molecule has 3 aliphatic rings. The molecule has 2 fully saturated rings. The summed E-state index contributed by atoms with van der Waals surface area (Å²) in [5.74, 6) is 0. The first-order chi connectivity index (χ1) is 16.8.